The summed E-state index contributed by atoms with van der Waals surface area (Å²) in [6, 6.07) is 15.5. The lowest BCUT2D eigenvalue weighted by Gasteiger charge is -2.17. The van der Waals surface area contributed by atoms with E-state index in [2.05, 4.69) is 29.7 Å². The van der Waals surface area contributed by atoms with Crippen LogP contribution in [0.2, 0.25) is 0 Å². The lowest BCUT2D eigenvalue weighted by molar-refractivity contribution is 0.0963. The van der Waals surface area contributed by atoms with Crippen molar-refractivity contribution in [3.05, 3.63) is 59.7 Å². The van der Waals surface area contributed by atoms with Gasteiger partial charge in [-0.1, -0.05) is 30.3 Å². The molecule has 0 radical (unpaired) electrons. The molecular formula is C16H19N3O. The number of carbonyl (C=O) groups excluding carboxylic acids is 1. The molecule has 2 aromatic rings. The molecule has 1 atom stereocenters. The van der Waals surface area contributed by atoms with Crippen LogP contribution in [0.3, 0.4) is 0 Å². The molecular weight excluding hydrogens is 250 g/mol. The summed E-state index contributed by atoms with van der Waals surface area (Å²) in [5, 5.41) is 5.93. The maximum Gasteiger partial charge on any atom is 0.251 e. The first-order valence-corrected chi connectivity index (χ1v) is 6.55. The molecule has 0 saturated heterocycles. The van der Waals surface area contributed by atoms with Crippen LogP contribution in [0.25, 0.3) is 0 Å². The topological polar surface area (TPSA) is 67.2 Å². The Labute approximate surface area is 119 Å². The fraction of sp³-hybridized carbons (Fsp3) is 0.188. The Hall–Kier alpha value is -2.49. The highest BCUT2D eigenvalue weighted by Gasteiger charge is 2.09. The van der Waals surface area contributed by atoms with Crippen LogP contribution in [0, 0.1) is 0 Å². The van der Waals surface area contributed by atoms with Gasteiger partial charge in [0.2, 0.25) is 0 Å². The first kappa shape index (κ1) is 13.9. The number of amides is 1. The third-order valence-electron chi connectivity index (χ3n) is 3.21. The molecule has 0 aromatic heterocycles. The van der Waals surface area contributed by atoms with Crippen LogP contribution in [0.4, 0.5) is 11.4 Å². The average molecular weight is 269 g/mol. The van der Waals surface area contributed by atoms with Crippen LogP contribution in [0.1, 0.15) is 28.9 Å². The number of hydrogen-bond donors (Lipinski definition) is 3. The van der Waals surface area contributed by atoms with E-state index in [1.165, 1.54) is 5.56 Å². The lowest BCUT2D eigenvalue weighted by Crippen LogP contribution is -2.18. The Balaban J connectivity index is 2.16. The van der Waals surface area contributed by atoms with Gasteiger partial charge < -0.3 is 16.4 Å². The van der Waals surface area contributed by atoms with Gasteiger partial charge in [-0.05, 0) is 30.7 Å². The van der Waals surface area contributed by atoms with E-state index in [9.17, 15) is 4.79 Å². The zero-order valence-corrected chi connectivity index (χ0v) is 11.7. The van der Waals surface area contributed by atoms with Gasteiger partial charge in [0.05, 0.1) is 11.4 Å². The van der Waals surface area contributed by atoms with Crippen LogP contribution in [0.15, 0.2) is 48.5 Å². The van der Waals surface area contributed by atoms with Crippen molar-refractivity contribution in [3.8, 4) is 0 Å². The number of benzene rings is 2. The zero-order chi connectivity index (χ0) is 14.5. The standard InChI is InChI=1S/C16H19N3O/c1-11(12-6-4-3-5-7-12)19-15-9-8-13(10-14(15)17)16(20)18-2/h3-11,19H,17H2,1-2H3,(H,18,20)/t11-/m1/s1. The number of carbonyl (C=O) groups is 1. The molecule has 0 fully saturated rings. The molecule has 0 aliphatic heterocycles. The summed E-state index contributed by atoms with van der Waals surface area (Å²) in [4.78, 5) is 11.5. The van der Waals surface area contributed by atoms with E-state index in [1.807, 2.05) is 24.3 Å². The van der Waals surface area contributed by atoms with Crippen molar-refractivity contribution >= 4 is 17.3 Å². The van der Waals surface area contributed by atoms with Crippen molar-refractivity contribution in [3.63, 3.8) is 0 Å². The van der Waals surface area contributed by atoms with Crippen LogP contribution in [0.5, 0.6) is 0 Å². The van der Waals surface area contributed by atoms with Crippen LogP contribution >= 0.6 is 0 Å². The molecule has 0 unspecified atom stereocenters. The third kappa shape index (κ3) is 3.09. The molecule has 1 amide bonds. The van der Waals surface area contributed by atoms with Crippen LogP contribution < -0.4 is 16.4 Å². The Bertz CT molecular complexity index is 596. The molecule has 0 saturated carbocycles. The van der Waals surface area contributed by atoms with Gasteiger partial charge in [0, 0.05) is 18.7 Å². The summed E-state index contributed by atoms with van der Waals surface area (Å²) in [6.07, 6.45) is 0. The van der Waals surface area contributed by atoms with Crippen molar-refractivity contribution in [2.24, 2.45) is 0 Å². The monoisotopic (exact) mass is 269 g/mol. The van der Waals surface area contributed by atoms with Crippen molar-refractivity contribution in [2.45, 2.75) is 13.0 Å². The molecule has 0 aliphatic carbocycles. The Morgan fingerprint density at radius 1 is 1.15 bits per heavy atom. The van der Waals surface area contributed by atoms with E-state index in [4.69, 9.17) is 5.73 Å². The van der Waals surface area contributed by atoms with Crippen molar-refractivity contribution in [1.82, 2.24) is 5.32 Å². The van der Waals surface area contributed by atoms with Crippen LogP contribution in [-0.2, 0) is 0 Å². The summed E-state index contributed by atoms with van der Waals surface area (Å²) in [7, 11) is 1.60. The number of anilines is 2. The van der Waals surface area contributed by atoms with Gasteiger partial charge in [-0.25, -0.2) is 0 Å². The van der Waals surface area contributed by atoms with E-state index in [0.29, 0.717) is 11.3 Å². The van der Waals surface area contributed by atoms with Gasteiger partial charge in [-0.3, -0.25) is 4.79 Å². The summed E-state index contributed by atoms with van der Waals surface area (Å²) in [6.45, 7) is 2.07. The molecule has 4 heteroatoms. The third-order valence-corrected chi connectivity index (χ3v) is 3.21. The minimum atomic E-state index is -0.139. The predicted molar refractivity (Wildman–Crippen MR) is 82.7 cm³/mol. The number of nitrogen functional groups attached to an aromatic ring is 1. The van der Waals surface area contributed by atoms with Crippen LogP contribution in [-0.4, -0.2) is 13.0 Å². The fourth-order valence-electron chi connectivity index (χ4n) is 2.04. The van der Waals surface area contributed by atoms with E-state index in [0.717, 1.165) is 5.69 Å². The van der Waals surface area contributed by atoms with Crippen molar-refractivity contribution in [1.29, 1.82) is 0 Å². The molecule has 0 heterocycles. The highest BCUT2D eigenvalue weighted by atomic mass is 16.1. The molecule has 20 heavy (non-hydrogen) atoms. The lowest BCUT2D eigenvalue weighted by atomic mass is 10.1. The second-order valence-corrected chi connectivity index (χ2v) is 4.66. The zero-order valence-electron chi connectivity index (χ0n) is 11.7. The number of hydrogen-bond acceptors (Lipinski definition) is 3. The second-order valence-electron chi connectivity index (χ2n) is 4.66. The van der Waals surface area contributed by atoms with E-state index < -0.39 is 0 Å². The van der Waals surface area contributed by atoms with Gasteiger partial charge in [-0.2, -0.15) is 0 Å². The Kier molecular flexibility index (Phi) is 4.25. The first-order chi connectivity index (χ1) is 9.61. The fourth-order valence-corrected chi connectivity index (χ4v) is 2.04. The van der Waals surface area contributed by atoms with Gasteiger partial charge in [0.15, 0.2) is 0 Å². The molecule has 0 bridgehead atoms. The Morgan fingerprint density at radius 3 is 2.45 bits per heavy atom. The highest BCUT2D eigenvalue weighted by Crippen LogP contribution is 2.25. The summed E-state index contributed by atoms with van der Waals surface area (Å²) < 4.78 is 0. The van der Waals surface area contributed by atoms with E-state index in [-0.39, 0.29) is 11.9 Å². The molecule has 0 spiro atoms. The highest BCUT2D eigenvalue weighted by molar-refractivity contribution is 5.95. The largest absolute Gasteiger partial charge is 0.397 e. The number of rotatable bonds is 4. The second kappa shape index (κ2) is 6.10. The summed E-state index contributed by atoms with van der Waals surface area (Å²) >= 11 is 0. The minimum absolute atomic E-state index is 0.139. The minimum Gasteiger partial charge on any atom is -0.397 e. The molecule has 4 nitrogen and oxygen atoms in total. The number of nitrogens with one attached hydrogen (secondary N) is 2. The Morgan fingerprint density at radius 2 is 1.85 bits per heavy atom. The normalized spacial score (nSPS) is 11.7. The van der Waals surface area contributed by atoms with Gasteiger partial charge in [0.25, 0.3) is 5.91 Å². The maximum absolute atomic E-state index is 11.5. The number of nitrogens with two attached hydrogens (primary N) is 1. The molecule has 104 valence electrons. The van der Waals surface area contributed by atoms with Gasteiger partial charge >= 0.3 is 0 Å². The summed E-state index contributed by atoms with van der Waals surface area (Å²) in [5.74, 6) is -0.139. The van der Waals surface area contributed by atoms with E-state index in [1.54, 1.807) is 19.2 Å². The molecule has 2 aromatic carbocycles. The van der Waals surface area contributed by atoms with Crippen molar-refractivity contribution in [2.75, 3.05) is 18.1 Å². The molecule has 2 rings (SSSR count). The summed E-state index contributed by atoms with van der Waals surface area (Å²) in [5.41, 5.74) is 9.13. The van der Waals surface area contributed by atoms with Crippen molar-refractivity contribution < 1.29 is 4.79 Å². The smallest absolute Gasteiger partial charge is 0.251 e. The molecule has 0 aliphatic rings. The maximum atomic E-state index is 11.5. The quantitative estimate of drug-likeness (QED) is 0.748. The molecule has 4 N–H and O–H groups in total. The van der Waals surface area contributed by atoms with Gasteiger partial charge in [-0.15, -0.1) is 0 Å². The average Bonchev–Trinajstić information content (AvgIpc) is 2.49. The van der Waals surface area contributed by atoms with Gasteiger partial charge in [0.1, 0.15) is 0 Å². The van der Waals surface area contributed by atoms with E-state index >= 15 is 0 Å². The first-order valence-electron chi connectivity index (χ1n) is 6.55. The predicted octanol–water partition coefficient (Wildman–Crippen LogP) is 2.80. The SMILES string of the molecule is CNC(=O)c1ccc(N[C@H](C)c2ccccc2)c(N)c1.